The molecule has 0 fully saturated rings. The predicted molar refractivity (Wildman–Crippen MR) is 107 cm³/mol. The molecule has 0 N–H and O–H groups in total. The van der Waals surface area contributed by atoms with Gasteiger partial charge in [-0.2, -0.15) is 0 Å². The van der Waals surface area contributed by atoms with E-state index in [0.717, 1.165) is 28.1 Å². The Bertz CT molecular complexity index is 946. The van der Waals surface area contributed by atoms with Gasteiger partial charge in [-0.05, 0) is 41.0 Å². The lowest BCUT2D eigenvalue weighted by molar-refractivity contribution is 0.652. The van der Waals surface area contributed by atoms with Gasteiger partial charge in [0.1, 0.15) is 0 Å². The van der Waals surface area contributed by atoms with Gasteiger partial charge in [-0.3, -0.25) is 0 Å². The van der Waals surface area contributed by atoms with Crippen molar-refractivity contribution >= 4 is 0 Å². The number of benzene rings is 2. The van der Waals surface area contributed by atoms with E-state index in [1.54, 1.807) is 6.08 Å². The van der Waals surface area contributed by atoms with Gasteiger partial charge >= 0.3 is 0 Å². The molecule has 26 heavy (non-hydrogen) atoms. The second kappa shape index (κ2) is 8.21. The predicted octanol–water partition coefficient (Wildman–Crippen LogP) is 5.00. The molecular weight excluding hydrogens is 320 g/mol. The molecule has 0 unspecified atom stereocenters. The highest BCUT2D eigenvalue weighted by atomic mass is 15.5. The van der Waals surface area contributed by atoms with Crippen molar-refractivity contribution < 1.29 is 0 Å². The van der Waals surface area contributed by atoms with E-state index in [9.17, 15) is 0 Å². The van der Waals surface area contributed by atoms with Crippen molar-refractivity contribution in [3.63, 3.8) is 0 Å². The Kier molecular flexibility index (Phi) is 5.54. The van der Waals surface area contributed by atoms with Crippen LogP contribution in [0.25, 0.3) is 22.5 Å². The van der Waals surface area contributed by atoms with Gasteiger partial charge in [0.2, 0.25) is 0 Å². The summed E-state index contributed by atoms with van der Waals surface area (Å²) in [6, 6.07) is 16.7. The molecule has 130 valence electrons. The topological polar surface area (TPSA) is 43.6 Å². The van der Waals surface area contributed by atoms with Crippen LogP contribution in [0, 0.1) is 6.92 Å². The lowest BCUT2D eigenvalue weighted by Gasteiger charge is -2.11. The lowest BCUT2D eigenvalue weighted by atomic mass is 9.98. The zero-order valence-electron chi connectivity index (χ0n) is 15.1. The number of allylic oxidation sites excluding steroid dienone is 5. The number of aryl methyl sites for hydroxylation is 1. The van der Waals surface area contributed by atoms with E-state index in [0.29, 0.717) is 6.54 Å². The van der Waals surface area contributed by atoms with Gasteiger partial charge in [-0.25, -0.2) is 4.68 Å². The summed E-state index contributed by atoms with van der Waals surface area (Å²) in [5.41, 5.74) is 5.60. The van der Waals surface area contributed by atoms with Gasteiger partial charge in [0.05, 0.1) is 6.54 Å². The van der Waals surface area contributed by atoms with Crippen molar-refractivity contribution in [2.24, 2.45) is 0 Å². The van der Waals surface area contributed by atoms with Crippen molar-refractivity contribution in [3.8, 4) is 22.5 Å². The number of tetrazole rings is 1. The van der Waals surface area contributed by atoms with Gasteiger partial charge in [-0.15, -0.1) is 5.10 Å². The SMILES string of the molecule is C=C/C=C(\C=C/C)Cn1nnnc1-c1ccccc1-c1ccc(C)cc1. The van der Waals surface area contributed by atoms with E-state index in [2.05, 4.69) is 65.4 Å². The average molecular weight is 342 g/mol. The zero-order valence-corrected chi connectivity index (χ0v) is 15.1. The van der Waals surface area contributed by atoms with Gasteiger partial charge in [0, 0.05) is 5.56 Å². The Morgan fingerprint density at radius 1 is 1.08 bits per heavy atom. The quantitative estimate of drug-likeness (QED) is 0.592. The fourth-order valence-electron chi connectivity index (χ4n) is 2.87. The van der Waals surface area contributed by atoms with E-state index < -0.39 is 0 Å². The average Bonchev–Trinajstić information content (AvgIpc) is 3.11. The Hall–Kier alpha value is -3.27. The number of rotatable bonds is 6. The molecule has 0 atom stereocenters. The van der Waals surface area contributed by atoms with Crippen LogP contribution in [0.3, 0.4) is 0 Å². The largest absolute Gasteiger partial charge is 0.221 e. The molecule has 0 saturated carbocycles. The van der Waals surface area contributed by atoms with Crippen LogP contribution in [0.2, 0.25) is 0 Å². The minimum atomic E-state index is 0.584. The Balaban J connectivity index is 2.04. The first kappa shape index (κ1) is 17.5. The number of hydrogen-bond acceptors (Lipinski definition) is 3. The molecule has 4 heteroatoms. The molecule has 0 radical (unpaired) electrons. The van der Waals surface area contributed by atoms with E-state index in [1.165, 1.54) is 5.56 Å². The summed E-state index contributed by atoms with van der Waals surface area (Å²) in [4.78, 5) is 0. The third-order valence-corrected chi connectivity index (χ3v) is 4.11. The normalized spacial score (nSPS) is 11.8. The van der Waals surface area contributed by atoms with Gasteiger partial charge < -0.3 is 0 Å². The Morgan fingerprint density at radius 2 is 1.81 bits per heavy atom. The standard InChI is InChI=1S/C22H22N4/c1-4-8-18(9-5-2)16-26-22(23-24-25-26)21-11-7-6-10-20(21)19-14-12-17(3)13-15-19/h4-15H,1,16H2,2-3H3/b9-5-,18-8+. The van der Waals surface area contributed by atoms with Crippen LogP contribution in [0.1, 0.15) is 12.5 Å². The molecule has 3 aromatic rings. The van der Waals surface area contributed by atoms with Crippen LogP contribution in [-0.2, 0) is 6.54 Å². The smallest absolute Gasteiger partial charge is 0.182 e. The summed E-state index contributed by atoms with van der Waals surface area (Å²) >= 11 is 0. The summed E-state index contributed by atoms with van der Waals surface area (Å²) in [5.74, 6) is 0.751. The van der Waals surface area contributed by atoms with E-state index >= 15 is 0 Å². The van der Waals surface area contributed by atoms with Crippen LogP contribution in [0.5, 0.6) is 0 Å². The van der Waals surface area contributed by atoms with Crippen LogP contribution in [-0.4, -0.2) is 20.2 Å². The van der Waals surface area contributed by atoms with Crippen molar-refractivity contribution in [1.82, 2.24) is 20.2 Å². The summed E-state index contributed by atoms with van der Waals surface area (Å²) < 4.78 is 1.82. The fraction of sp³-hybridized carbons (Fsp3) is 0.136. The van der Waals surface area contributed by atoms with Crippen molar-refractivity contribution in [3.05, 3.63) is 90.6 Å². The molecule has 0 aliphatic rings. The highest BCUT2D eigenvalue weighted by molar-refractivity contribution is 5.80. The molecule has 1 aromatic heterocycles. The minimum Gasteiger partial charge on any atom is -0.221 e. The van der Waals surface area contributed by atoms with Gasteiger partial charge in [-0.1, -0.05) is 85.0 Å². The summed E-state index contributed by atoms with van der Waals surface area (Å²) in [6.07, 6.45) is 7.79. The van der Waals surface area contributed by atoms with Crippen LogP contribution in [0.4, 0.5) is 0 Å². The van der Waals surface area contributed by atoms with Crippen molar-refractivity contribution in [2.45, 2.75) is 20.4 Å². The molecular formula is C22H22N4. The second-order valence-corrected chi connectivity index (χ2v) is 6.05. The maximum Gasteiger partial charge on any atom is 0.182 e. The molecule has 0 saturated heterocycles. The monoisotopic (exact) mass is 342 g/mol. The molecule has 0 aliphatic heterocycles. The first-order valence-corrected chi connectivity index (χ1v) is 8.60. The second-order valence-electron chi connectivity index (χ2n) is 6.05. The van der Waals surface area contributed by atoms with Crippen molar-refractivity contribution in [2.75, 3.05) is 0 Å². The first-order chi connectivity index (χ1) is 12.7. The molecule has 4 nitrogen and oxygen atoms in total. The number of nitrogens with zero attached hydrogens (tertiary/aromatic N) is 4. The summed E-state index contributed by atoms with van der Waals surface area (Å²) in [7, 11) is 0. The molecule has 0 spiro atoms. The van der Waals surface area contributed by atoms with Crippen LogP contribution >= 0.6 is 0 Å². The highest BCUT2D eigenvalue weighted by Gasteiger charge is 2.14. The molecule has 2 aromatic carbocycles. The molecule has 1 heterocycles. The third kappa shape index (κ3) is 3.86. The van der Waals surface area contributed by atoms with Gasteiger partial charge in [0.15, 0.2) is 5.82 Å². The molecule has 0 aliphatic carbocycles. The third-order valence-electron chi connectivity index (χ3n) is 4.11. The van der Waals surface area contributed by atoms with Crippen molar-refractivity contribution in [1.29, 1.82) is 0 Å². The molecule has 0 bridgehead atoms. The number of hydrogen-bond donors (Lipinski definition) is 0. The molecule has 3 rings (SSSR count). The maximum atomic E-state index is 4.29. The summed E-state index contributed by atoms with van der Waals surface area (Å²) in [6.45, 7) is 8.44. The van der Waals surface area contributed by atoms with Crippen LogP contribution < -0.4 is 0 Å². The lowest BCUT2D eigenvalue weighted by Crippen LogP contribution is -2.05. The van der Waals surface area contributed by atoms with E-state index in [-0.39, 0.29) is 0 Å². The Morgan fingerprint density at radius 3 is 2.50 bits per heavy atom. The number of aromatic nitrogens is 4. The highest BCUT2D eigenvalue weighted by Crippen LogP contribution is 2.30. The zero-order chi connectivity index (χ0) is 18.4. The van der Waals surface area contributed by atoms with E-state index in [1.807, 2.05) is 42.0 Å². The fourth-order valence-corrected chi connectivity index (χ4v) is 2.87. The summed E-state index contributed by atoms with van der Waals surface area (Å²) in [5, 5.41) is 12.4. The van der Waals surface area contributed by atoms with E-state index in [4.69, 9.17) is 0 Å². The minimum absolute atomic E-state index is 0.584. The first-order valence-electron chi connectivity index (χ1n) is 8.60. The van der Waals surface area contributed by atoms with Crippen LogP contribution in [0.15, 0.2) is 85.0 Å². The Labute approximate surface area is 154 Å². The maximum absolute atomic E-state index is 4.29. The van der Waals surface area contributed by atoms with Gasteiger partial charge in [0.25, 0.3) is 0 Å². The molecule has 0 amide bonds.